The van der Waals surface area contributed by atoms with Crippen LogP contribution in [0, 0.1) is 0 Å². The van der Waals surface area contributed by atoms with Crippen molar-refractivity contribution >= 4 is 34.2 Å². The van der Waals surface area contributed by atoms with Crippen molar-refractivity contribution in [3.05, 3.63) is 67.0 Å². The number of rotatable bonds is 4. The fourth-order valence-corrected chi connectivity index (χ4v) is 2.36. The van der Waals surface area contributed by atoms with Crippen LogP contribution in [0.2, 0.25) is 0 Å². The molecule has 120 valence electrons. The van der Waals surface area contributed by atoms with Crippen molar-refractivity contribution in [1.82, 2.24) is 9.97 Å². The van der Waals surface area contributed by atoms with Gasteiger partial charge in [-0.25, -0.2) is 4.98 Å². The maximum atomic E-state index is 12.4. The molecule has 3 aromatic rings. The van der Waals surface area contributed by atoms with Gasteiger partial charge in [0.2, 0.25) is 5.91 Å². The minimum absolute atomic E-state index is 0.213. The van der Waals surface area contributed by atoms with Crippen LogP contribution >= 0.6 is 0 Å². The van der Waals surface area contributed by atoms with Crippen LogP contribution in [0.3, 0.4) is 0 Å². The minimum Gasteiger partial charge on any atom is -0.358 e. The van der Waals surface area contributed by atoms with Crippen molar-refractivity contribution in [3.8, 4) is 0 Å². The fraction of sp³-hybridized carbons (Fsp3) is 0.0556. The van der Waals surface area contributed by atoms with Gasteiger partial charge < -0.3 is 15.2 Å². The average molecular weight is 320 g/mol. The van der Waals surface area contributed by atoms with E-state index < -0.39 is 0 Å². The molecule has 0 saturated carbocycles. The maximum absolute atomic E-state index is 12.4. The molecule has 2 N–H and O–H groups in total. The SMILES string of the molecule is C=CC(=O)N(C)c1ccc(C(=O)Nc2nccc3cc[nH]c23)cc1. The number of hydrogen-bond acceptors (Lipinski definition) is 3. The van der Waals surface area contributed by atoms with Gasteiger partial charge in [0.25, 0.3) is 5.91 Å². The van der Waals surface area contributed by atoms with Gasteiger partial charge in [0.15, 0.2) is 5.82 Å². The predicted molar refractivity (Wildman–Crippen MR) is 94.1 cm³/mol. The normalized spacial score (nSPS) is 10.4. The van der Waals surface area contributed by atoms with E-state index in [0.29, 0.717) is 17.1 Å². The number of nitrogens with zero attached hydrogens (tertiary/aromatic N) is 2. The summed E-state index contributed by atoms with van der Waals surface area (Å²) in [5, 5.41) is 3.76. The molecule has 3 rings (SSSR count). The number of hydrogen-bond donors (Lipinski definition) is 2. The zero-order valence-corrected chi connectivity index (χ0v) is 13.1. The molecular weight excluding hydrogens is 304 g/mol. The van der Waals surface area contributed by atoms with E-state index in [2.05, 4.69) is 21.9 Å². The van der Waals surface area contributed by atoms with Gasteiger partial charge in [-0.15, -0.1) is 0 Å². The van der Waals surface area contributed by atoms with E-state index in [1.165, 1.54) is 11.0 Å². The Morgan fingerprint density at radius 3 is 2.67 bits per heavy atom. The molecule has 6 heteroatoms. The molecule has 1 aromatic carbocycles. The Balaban J connectivity index is 1.79. The van der Waals surface area contributed by atoms with Crippen molar-refractivity contribution < 1.29 is 9.59 Å². The summed E-state index contributed by atoms with van der Waals surface area (Å²) in [6, 6.07) is 10.5. The van der Waals surface area contributed by atoms with Crippen LogP contribution in [0.25, 0.3) is 10.9 Å². The Labute approximate surface area is 138 Å². The van der Waals surface area contributed by atoms with E-state index in [4.69, 9.17) is 0 Å². The molecule has 0 atom stereocenters. The van der Waals surface area contributed by atoms with Crippen molar-refractivity contribution in [2.45, 2.75) is 0 Å². The van der Waals surface area contributed by atoms with Crippen molar-refractivity contribution in [1.29, 1.82) is 0 Å². The van der Waals surface area contributed by atoms with Crippen molar-refractivity contribution in [2.24, 2.45) is 0 Å². The van der Waals surface area contributed by atoms with Gasteiger partial charge in [-0.1, -0.05) is 6.58 Å². The first-order valence-electron chi connectivity index (χ1n) is 7.34. The minimum atomic E-state index is -0.270. The Kier molecular flexibility index (Phi) is 4.11. The highest BCUT2D eigenvalue weighted by atomic mass is 16.2. The average Bonchev–Trinajstić information content (AvgIpc) is 3.10. The van der Waals surface area contributed by atoms with Crippen LogP contribution in [0.15, 0.2) is 61.4 Å². The summed E-state index contributed by atoms with van der Waals surface area (Å²) in [6.45, 7) is 3.45. The predicted octanol–water partition coefficient (Wildman–Crippen LogP) is 2.96. The topological polar surface area (TPSA) is 78.1 Å². The number of carbonyl (C=O) groups is 2. The molecule has 0 spiro atoms. The standard InChI is InChI=1S/C18H16N4O2/c1-3-15(23)22(2)14-6-4-13(5-7-14)18(24)21-17-16-12(8-10-19-16)9-11-20-17/h3-11,19H,1H2,2H3,(H,20,21,24). The summed E-state index contributed by atoms with van der Waals surface area (Å²) in [4.78, 5) is 32.7. The summed E-state index contributed by atoms with van der Waals surface area (Å²) in [7, 11) is 1.65. The van der Waals surface area contributed by atoms with Crippen LogP contribution in [0.4, 0.5) is 11.5 Å². The number of benzene rings is 1. The summed E-state index contributed by atoms with van der Waals surface area (Å²) in [5.74, 6) is -0.00537. The highest BCUT2D eigenvalue weighted by molar-refractivity contribution is 6.08. The number of fused-ring (bicyclic) bond motifs is 1. The Bertz CT molecular complexity index is 912. The van der Waals surface area contributed by atoms with Crippen LogP contribution in [0.1, 0.15) is 10.4 Å². The van der Waals surface area contributed by atoms with Crippen LogP contribution in [-0.2, 0) is 4.79 Å². The zero-order chi connectivity index (χ0) is 17.1. The van der Waals surface area contributed by atoms with E-state index in [0.717, 1.165) is 10.9 Å². The molecule has 0 unspecified atom stereocenters. The lowest BCUT2D eigenvalue weighted by atomic mass is 10.2. The van der Waals surface area contributed by atoms with E-state index in [1.54, 1.807) is 43.7 Å². The van der Waals surface area contributed by atoms with E-state index in [9.17, 15) is 9.59 Å². The third-order valence-electron chi connectivity index (χ3n) is 3.73. The second-order valence-electron chi connectivity index (χ2n) is 5.20. The first-order valence-corrected chi connectivity index (χ1v) is 7.34. The van der Waals surface area contributed by atoms with E-state index in [-0.39, 0.29) is 11.8 Å². The summed E-state index contributed by atoms with van der Waals surface area (Å²) < 4.78 is 0. The lowest BCUT2D eigenvalue weighted by molar-refractivity contribution is -0.113. The molecule has 24 heavy (non-hydrogen) atoms. The number of pyridine rings is 1. The Morgan fingerprint density at radius 1 is 1.21 bits per heavy atom. The number of carbonyl (C=O) groups excluding carboxylic acids is 2. The molecular formula is C18H16N4O2. The number of aromatic amines is 1. The van der Waals surface area contributed by atoms with Gasteiger partial charge in [-0.2, -0.15) is 0 Å². The lowest BCUT2D eigenvalue weighted by Crippen LogP contribution is -2.23. The van der Waals surface area contributed by atoms with E-state index >= 15 is 0 Å². The third kappa shape index (κ3) is 2.89. The summed E-state index contributed by atoms with van der Waals surface area (Å²) in [5.41, 5.74) is 1.93. The molecule has 0 aliphatic heterocycles. The molecule has 0 fully saturated rings. The molecule has 2 amide bonds. The number of H-pyrrole nitrogens is 1. The van der Waals surface area contributed by atoms with Gasteiger partial charge in [-0.05, 0) is 42.5 Å². The molecule has 0 aliphatic rings. The molecule has 0 aliphatic carbocycles. The van der Waals surface area contributed by atoms with Crippen LogP contribution in [-0.4, -0.2) is 28.8 Å². The van der Waals surface area contributed by atoms with Crippen LogP contribution < -0.4 is 10.2 Å². The maximum Gasteiger partial charge on any atom is 0.256 e. The Hall–Kier alpha value is -3.41. The number of aromatic nitrogens is 2. The zero-order valence-electron chi connectivity index (χ0n) is 13.1. The fourth-order valence-electron chi connectivity index (χ4n) is 2.36. The second-order valence-corrected chi connectivity index (χ2v) is 5.20. The smallest absolute Gasteiger partial charge is 0.256 e. The van der Waals surface area contributed by atoms with Crippen molar-refractivity contribution in [2.75, 3.05) is 17.3 Å². The highest BCUT2D eigenvalue weighted by Crippen LogP contribution is 2.20. The van der Waals surface area contributed by atoms with Gasteiger partial charge in [0.05, 0.1) is 5.52 Å². The molecule has 0 bridgehead atoms. The quantitative estimate of drug-likeness (QED) is 0.725. The molecule has 0 radical (unpaired) electrons. The van der Waals surface area contributed by atoms with Gasteiger partial charge >= 0.3 is 0 Å². The second kappa shape index (κ2) is 6.37. The number of nitrogens with one attached hydrogen (secondary N) is 2. The monoisotopic (exact) mass is 320 g/mol. The molecule has 0 saturated heterocycles. The largest absolute Gasteiger partial charge is 0.358 e. The van der Waals surface area contributed by atoms with Gasteiger partial charge in [0.1, 0.15) is 0 Å². The van der Waals surface area contributed by atoms with Gasteiger partial charge in [0, 0.05) is 36.1 Å². The first kappa shape index (κ1) is 15.5. The molecule has 2 heterocycles. The van der Waals surface area contributed by atoms with Crippen molar-refractivity contribution in [3.63, 3.8) is 0 Å². The summed E-state index contributed by atoms with van der Waals surface area (Å²) in [6.07, 6.45) is 4.68. The number of amides is 2. The van der Waals surface area contributed by atoms with Crippen LogP contribution in [0.5, 0.6) is 0 Å². The Morgan fingerprint density at radius 2 is 1.96 bits per heavy atom. The highest BCUT2D eigenvalue weighted by Gasteiger charge is 2.12. The van der Waals surface area contributed by atoms with Gasteiger partial charge in [-0.3, -0.25) is 9.59 Å². The molecule has 6 nitrogen and oxygen atoms in total. The molecule has 2 aromatic heterocycles. The number of anilines is 2. The first-order chi connectivity index (χ1) is 11.6. The van der Waals surface area contributed by atoms with E-state index in [1.807, 2.05) is 12.1 Å². The lowest BCUT2D eigenvalue weighted by Gasteiger charge is -2.15. The number of likely N-dealkylation sites (N-methyl/N-ethyl adjacent to an activating group) is 1. The summed E-state index contributed by atoms with van der Waals surface area (Å²) >= 11 is 0. The third-order valence-corrected chi connectivity index (χ3v) is 3.73.